The van der Waals surface area contributed by atoms with Crippen LogP contribution in [0.1, 0.15) is 34.8 Å². The number of ether oxygens (including phenoxy) is 1. The van der Waals surface area contributed by atoms with Gasteiger partial charge in [-0.05, 0) is 38.1 Å². The highest BCUT2D eigenvalue weighted by Gasteiger charge is 2.22. The molecule has 3 rings (SSSR count). The summed E-state index contributed by atoms with van der Waals surface area (Å²) in [4.78, 5) is 12.0. The monoisotopic (exact) mass is 344 g/mol. The van der Waals surface area contributed by atoms with Crippen LogP contribution in [-0.2, 0) is 4.74 Å². The zero-order valence-corrected chi connectivity index (χ0v) is 13.5. The first-order chi connectivity index (χ1) is 11.9. The molecule has 1 heterocycles. The van der Waals surface area contributed by atoms with E-state index in [2.05, 4.69) is 10.2 Å². The third-order valence-corrected chi connectivity index (χ3v) is 3.52. The van der Waals surface area contributed by atoms with E-state index in [9.17, 15) is 13.6 Å². The molecule has 3 aromatic rings. The first-order valence-electron chi connectivity index (χ1n) is 7.50. The van der Waals surface area contributed by atoms with Gasteiger partial charge in [0.15, 0.2) is 6.10 Å². The molecule has 0 aliphatic heterocycles. The molecule has 0 radical (unpaired) electrons. The molecule has 128 valence electrons. The minimum Gasteiger partial charge on any atom is -0.449 e. The Hall–Kier alpha value is -3.09. The largest absolute Gasteiger partial charge is 0.449 e. The van der Waals surface area contributed by atoms with E-state index in [0.29, 0.717) is 6.07 Å². The molecule has 0 aliphatic carbocycles. The minimum absolute atomic E-state index is 0.0754. The van der Waals surface area contributed by atoms with Crippen LogP contribution in [0.3, 0.4) is 0 Å². The number of hydrogen-bond acceptors (Lipinski definition) is 5. The maximum Gasteiger partial charge on any atom is 0.341 e. The van der Waals surface area contributed by atoms with Gasteiger partial charge in [-0.15, -0.1) is 10.2 Å². The summed E-state index contributed by atoms with van der Waals surface area (Å²) in [5.41, 5.74) is 1.45. The first-order valence-corrected chi connectivity index (χ1v) is 7.50. The Morgan fingerprint density at radius 1 is 1.12 bits per heavy atom. The standard InChI is InChI=1S/C18H14F2N2O3/c1-10-3-5-12(6-4-10)17-22-21-16(25-17)11(2)24-18(23)14-8-7-13(19)9-15(14)20/h3-9,11H,1-2H3/t11-/m0/s1. The van der Waals surface area contributed by atoms with E-state index in [0.717, 1.165) is 23.3 Å². The SMILES string of the molecule is Cc1ccc(-c2nnc([C@H](C)OC(=O)c3ccc(F)cc3F)o2)cc1. The lowest BCUT2D eigenvalue weighted by atomic mass is 10.1. The van der Waals surface area contributed by atoms with Crippen molar-refractivity contribution < 1.29 is 22.7 Å². The molecule has 2 aromatic carbocycles. The van der Waals surface area contributed by atoms with Gasteiger partial charge >= 0.3 is 5.97 Å². The number of aryl methyl sites for hydroxylation is 1. The van der Waals surface area contributed by atoms with E-state index < -0.39 is 23.7 Å². The van der Waals surface area contributed by atoms with Gasteiger partial charge < -0.3 is 9.15 Å². The minimum atomic E-state index is -0.997. The molecule has 0 amide bonds. The molecule has 0 spiro atoms. The lowest BCUT2D eigenvalue weighted by Gasteiger charge is -2.09. The second kappa shape index (κ2) is 6.80. The number of carbonyl (C=O) groups is 1. The van der Waals surface area contributed by atoms with Gasteiger partial charge in [0.2, 0.25) is 5.89 Å². The summed E-state index contributed by atoms with van der Waals surface area (Å²) in [6.07, 6.45) is -0.886. The molecule has 0 saturated carbocycles. The van der Waals surface area contributed by atoms with Gasteiger partial charge in [-0.25, -0.2) is 13.6 Å². The highest BCUT2D eigenvalue weighted by atomic mass is 19.1. The molecule has 0 bridgehead atoms. The highest BCUT2D eigenvalue weighted by molar-refractivity contribution is 5.89. The molecular formula is C18H14F2N2O3. The summed E-state index contributed by atoms with van der Waals surface area (Å²) in [5, 5.41) is 7.77. The number of halogens is 2. The van der Waals surface area contributed by atoms with Gasteiger partial charge in [0, 0.05) is 11.6 Å². The van der Waals surface area contributed by atoms with Crippen molar-refractivity contribution in [3.8, 4) is 11.5 Å². The van der Waals surface area contributed by atoms with Gasteiger partial charge in [-0.2, -0.15) is 0 Å². The van der Waals surface area contributed by atoms with E-state index in [1.807, 2.05) is 31.2 Å². The van der Waals surface area contributed by atoms with Crippen molar-refractivity contribution in [3.05, 3.63) is 71.1 Å². The van der Waals surface area contributed by atoms with Crippen molar-refractivity contribution in [2.75, 3.05) is 0 Å². The second-order valence-corrected chi connectivity index (χ2v) is 5.48. The maximum absolute atomic E-state index is 13.6. The lowest BCUT2D eigenvalue weighted by molar-refractivity contribution is 0.0274. The summed E-state index contributed by atoms with van der Waals surface area (Å²) in [7, 11) is 0. The van der Waals surface area contributed by atoms with Crippen LogP contribution in [-0.4, -0.2) is 16.2 Å². The van der Waals surface area contributed by atoms with Crippen molar-refractivity contribution in [2.24, 2.45) is 0 Å². The van der Waals surface area contributed by atoms with Crippen LogP contribution >= 0.6 is 0 Å². The van der Waals surface area contributed by atoms with Crippen LogP contribution < -0.4 is 0 Å². The van der Waals surface area contributed by atoms with E-state index >= 15 is 0 Å². The molecule has 5 nitrogen and oxygen atoms in total. The molecular weight excluding hydrogens is 330 g/mol. The topological polar surface area (TPSA) is 65.2 Å². The predicted molar refractivity (Wildman–Crippen MR) is 84.7 cm³/mol. The summed E-state index contributed by atoms with van der Waals surface area (Å²) >= 11 is 0. The zero-order chi connectivity index (χ0) is 18.0. The van der Waals surface area contributed by atoms with Gasteiger partial charge in [0.25, 0.3) is 5.89 Å². The third-order valence-electron chi connectivity index (χ3n) is 3.52. The fraction of sp³-hybridized carbons (Fsp3) is 0.167. The van der Waals surface area contributed by atoms with Crippen molar-refractivity contribution in [2.45, 2.75) is 20.0 Å². The molecule has 0 fully saturated rings. The second-order valence-electron chi connectivity index (χ2n) is 5.48. The Morgan fingerprint density at radius 3 is 2.52 bits per heavy atom. The average molecular weight is 344 g/mol. The predicted octanol–water partition coefficient (Wildman–Crippen LogP) is 4.24. The van der Waals surface area contributed by atoms with Crippen molar-refractivity contribution >= 4 is 5.97 Å². The normalized spacial score (nSPS) is 12.0. The maximum atomic E-state index is 13.6. The smallest absolute Gasteiger partial charge is 0.341 e. The Labute approximate surface area is 142 Å². The fourth-order valence-corrected chi connectivity index (χ4v) is 2.14. The molecule has 0 aliphatic rings. The third kappa shape index (κ3) is 3.71. The highest BCUT2D eigenvalue weighted by Crippen LogP contribution is 2.24. The fourth-order valence-electron chi connectivity index (χ4n) is 2.14. The van der Waals surface area contributed by atoms with Gasteiger partial charge in [-0.1, -0.05) is 17.7 Å². The molecule has 0 unspecified atom stereocenters. The lowest BCUT2D eigenvalue weighted by Crippen LogP contribution is -2.11. The molecule has 1 atom stereocenters. The summed E-state index contributed by atoms with van der Waals surface area (Å²) < 4.78 is 37.1. The van der Waals surface area contributed by atoms with E-state index in [1.165, 1.54) is 6.92 Å². The number of esters is 1. The Morgan fingerprint density at radius 2 is 1.84 bits per heavy atom. The summed E-state index contributed by atoms with van der Waals surface area (Å²) in [5.74, 6) is -2.36. The number of rotatable bonds is 4. The van der Waals surface area contributed by atoms with Crippen LogP contribution in [0.2, 0.25) is 0 Å². The van der Waals surface area contributed by atoms with Gasteiger partial charge in [0.1, 0.15) is 11.6 Å². The van der Waals surface area contributed by atoms with Gasteiger partial charge in [0.05, 0.1) is 5.56 Å². The summed E-state index contributed by atoms with van der Waals surface area (Å²) in [6, 6.07) is 10.1. The van der Waals surface area contributed by atoms with Crippen LogP contribution in [0, 0.1) is 18.6 Å². The Kier molecular flexibility index (Phi) is 4.56. The molecule has 0 saturated heterocycles. The number of carbonyl (C=O) groups excluding carboxylic acids is 1. The number of benzene rings is 2. The van der Waals surface area contributed by atoms with Crippen LogP contribution in [0.25, 0.3) is 11.5 Å². The van der Waals surface area contributed by atoms with E-state index in [-0.39, 0.29) is 17.3 Å². The van der Waals surface area contributed by atoms with Crippen LogP contribution in [0.15, 0.2) is 46.9 Å². The number of aromatic nitrogens is 2. The number of hydrogen-bond donors (Lipinski definition) is 0. The molecule has 25 heavy (non-hydrogen) atoms. The quantitative estimate of drug-likeness (QED) is 0.662. The molecule has 1 aromatic heterocycles. The van der Waals surface area contributed by atoms with Crippen LogP contribution in [0.4, 0.5) is 8.78 Å². The van der Waals surface area contributed by atoms with Crippen molar-refractivity contribution in [1.29, 1.82) is 0 Å². The molecule has 0 N–H and O–H groups in total. The molecule has 7 heteroatoms. The van der Waals surface area contributed by atoms with Gasteiger partial charge in [-0.3, -0.25) is 0 Å². The van der Waals surface area contributed by atoms with Crippen LogP contribution in [0.5, 0.6) is 0 Å². The Bertz CT molecular complexity index is 907. The summed E-state index contributed by atoms with van der Waals surface area (Å²) in [6.45, 7) is 3.48. The number of nitrogens with zero attached hydrogens (tertiary/aromatic N) is 2. The zero-order valence-electron chi connectivity index (χ0n) is 13.5. The average Bonchev–Trinajstić information content (AvgIpc) is 3.05. The Balaban J connectivity index is 1.74. The van der Waals surface area contributed by atoms with Crippen molar-refractivity contribution in [3.63, 3.8) is 0 Å². The van der Waals surface area contributed by atoms with E-state index in [1.54, 1.807) is 0 Å². The van der Waals surface area contributed by atoms with E-state index in [4.69, 9.17) is 9.15 Å². The van der Waals surface area contributed by atoms with Crippen molar-refractivity contribution in [1.82, 2.24) is 10.2 Å². The first kappa shape index (κ1) is 16.8.